The molecule has 3 heteroatoms. The first kappa shape index (κ1) is 36.1. The van der Waals surface area contributed by atoms with E-state index in [0.717, 1.165) is 0 Å². The molecule has 0 spiro atoms. The standard InChI is InChI=1S/2C21H23.C2H4.2ClH.Hf/c2*1-4-6-16-13-19-7-5-8-20(21(19)14-16)18-11-9-17(10-12-18)15(2)3;1-2;;;/h2*5,7-15H,4,6H2,1-3H3;1-2H2;2*1H;. The second-order valence-electron chi connectivity index (χ2n) is 14.7. The van der Waals surface area contributed by atoms with Crippen LogP contribution in [0.1, 0.15) is 120 Å². The number of hydrogen-bond acceptors (Lipinski definition) is 0. The van der Waals surface area contributed by atoms with E-state index < -0.39 is 20.0 Å². The van der Waals surface area contributed by atoms with E-state index in [9.17, 15) is 0 Å². The molecule has 1 saturated heterocycles. The van der Waals surface area contributed by atoms with Crippen LogP contribution >= 0.6 is 24.8 Å². The third-order valence-corrected chi connectivity index (χ3v) is 30.2. The van der Waals surface area contributed by atoms with Crippen molar-refractivity contribution in [2.45, 2.75) is 94.8 Å². The quantitative estimate of drug-likeness (QED) is 0.140. The van der Waals surface area contributed by atoms with Crippen LogP contribution < -0.4 is 0 Å². The SMILES string of the molecule is CCCC1=Cc2c(-c3ccc(C(C)C)cc3)cccc2[CH]1[Hf]1([CH]2C(CCC)=Cc3c(-c4ccc(C(C)C)cc4)cccc32)[CH2][CH2]1.Cl.Cl. The van der Waals surface area contributed by atoms with Crippen LogP contribution in [-0.2, 0) is 20.0 Å². The fourth-order valence-electron chi connectivity index (χ4n) is 8.78. The van der Waals surface area contributed by atoms with Crippen molar-refractivity contribution in [1.29, 1.82) is 0 Å². The van der Waals surface area contributed by atoms with Crippen molar-refractivity contribution in [2.24, 2.45) is 0 Å². The fraction of sp³-hybridized carbons (Fsp3) is 0.364. The van der Waals surface area contributed by atoms with Crippen molar-refractivity contribution in [3.8, 4) is 22.3 Å². The first-order valence-electron chi connectivity index (χ1n) is 17.7. The molecule has 1 aliphatic heterocycles. The minimum Gasteiger partial charge on any atom is -0.147 e. The van der Waals surface area contributed by atoms with E-state index in [4.69, 9.17) is 0 Å². The fourth-order valence-corrected chi connectivity index (χ4v) is 36.9. The van der Waals surface area contributed by atoms with Crippen LogP contribution in [0.2, 0.25) is 8.35 Å². The number of benzene rings is 4. The normalized spacial score (nSPS) is 18.6. The van der Waals surface area contributed by atoms with Gasteiger partial charge in [0.05, 0.1) is 0 Å². The van der Waals surface area contributed by atoms with Crippen LogP contribution in [0.25, 0.3) is 34.4 Å². The molecule has 246 valence electrons. The van der Waals surface area contributed by atoms with Gasteiger partial charge in [-0.1, -0.05) is 0 Å². The van der Waals surface area contributed by atoms with Crippen LogP contribution in [-0.4, -0.2) is 0 Å². The maximum atomic E-state index is 2.67. The van der Waals surface area contributed by atoms with Crippen LogP contribution in [0.4, 0.5) is 0 Å². The average molecular weight is 830 g/mol. The molecule has 2 aliphatic carbocycles. The molecule has 1 fully saturated rings. The van der Waals surface area contributed by atoms with Gasteiger partial charge in [0, 0.05) is 0 Å². The molecule has 3 aliphatic rings. The Hall–Kier alpha value is -2.19. The van der Waals surface area contributed by atoms with E-state index in [2.05, 4.69) is 139 Å². The smallest absolute Gasteiger partial charge is 0.147 e. The molecule has 0 radical (unpaired) electrons. The predicted octanol–water partition coefficient (Wildman–Crippen LogP) is 14.3. The van der Waals surface area contributed by atoms with Crippen LogP contribution in [0.3, 0.4) is 0 Å². The molecule has 0 aromatic heterocycles. The Balaban J connectivity index is 0.00000217. The zero-order valence-electron chi connectivity index (χ0n) is 29.1. The first-order chi connectivity index (χ1) is 21.9. The third-order valence-electron chi connectivity index (χ3n) is 11.1. The van der Waals surface area contributed by atoms with E-state index in [0.29, 0.717) is 19.2 Å². The van der Waals surface area contributed by atoms with Crippen molar-refractivity contribution in [3.63, 3.8) is 0 Å². The molecular formula is C44H52Cl2Hf. The van der Waals surface area contributed by atoms with E-state index in [1.807, 2.05) is 0 Å². The Morgan fingerprint density at radius 2 is 0.936 bits per heavy atom. The van der Waals surface area contributed by atoms with Gasteiger partial charge in [0.15, 0.2) is 0 Å². The zero-order chi connectivity index (χ0) is 31.3. The molecule has 0 saturated carbocycles. The summed E-state index contributed by atoms with van der Waals surface area (Å²) in [5.74, 6) is 1.12. The van der Waals surface area contributed by atoms with Crippen LogP contribution in [0.15, 0.2) is 96.1 Å². The summed E-state index contributed by atoms with van der Waals surface area (Å²) in [6, 6.07) is 33.4. The number of fused-ring (bicyclic) bond motifs is 2. The second kappa shape index (κ2) is 14.7. The maximum absolute atomic E-state index is 2.91. The Labute approximate surface area is 301 Å². The second-order valence-corrected chi connectivity index (χ2v) is 31.3. The van der Waals surface area contributed by atoms with Crippen LogP contribution in [0.5, 0.6) is 0 Å². The van der Waals surface area contributed by atoms with Gasteiger partial charge in [-0.2, -0.15) is 0 Å². The van der Waals surface area contributed by atoms with Gasteiger partial charge in [0.2, 0.25) is 0 Å². The Bertz CT molecular complexity index is 1640. The average Bonchev–Trinajstić information content (AvgIpc) is 3.60. The Morgan fingerprint density at radius 1 is 0.553 bits per heavy atom. The number of allylic oxidation sites excluding steroid dienone is 2. The van der Waals surface area contributed by atoms with E-state index in [1.54, 1.807) is 22.3 Å². The predicted molar refractivity (Wildman–Crippen MR) is 207 cm³/mol. The number of halogens is 2. The number of rotatable bonds is 10. The molecule has 2 atom stereocenters. The summed E-state index contributed by atoms with van der Waals surface area (Å²) in [6.45, 7) is 13.9. The molecule has 7 rings (SSSR count). The Kier molecular flexibility index (Phi) is 11.3. The minimum atomic E-state index is -2.91. The summed E-state index contributed by atoms with van der Waals surface area (Å²) in [5, 5.41) is 0. The topological polar surface area (TPSA) is 0 Å². The van der Waals surface area contributed by atoms with Crippen molar-refractivity contribution in [3.05, 3.63) is 129 Å². The molecule has 0 nitrogen and oxygen atoms in total. The molecule has 2 unspecified atom stereocenters. The molecule has 47 heavy (non-hydrogen) atoms. The van der Waals surface area contributed by atoms with Gasteiger partial charge in [-0.15, -0.1) is 24.8 Å². The molecule has 4 aromatic rings. The van der Waals surface area contributed by atoms with E-state index >= 15 is 0 Å². The van der Waals surface area contributed by atoms with Crippen molar-refractivity contribution in [2.75, 3.05) is 0 Å². The van der Waals surface area contributed by atoms with Crippen molar-refractivity contribution < 1.29 is 20.0 Å². The summed E-state index contributed by atoms with van der Waals surface area (Å²) >= 11 is -2.91. The first-order valence-corrected chi connectivity index (χ1v) is 27.0. The molecule has 4 aromatic carbocycles. The summed E-state index contributed by atoms with van der Waals surface area (Å²) in [5.41, 5.74) is 18.4. The van der Waals surface area contributed by atoms with Gasteiger partial charge < -0.3 is 0 Å². The van der Waals surface area contributed by atoms with Gasteiger partial charge in [0.1, 0.15) is 0 Å². The van der Waals surface area contributed by atoms with E-state index in [-0.39, 0.29) is 24.8 Å². The molecule has 0 amide bonds. The van der Waals surface area contributed by atoms with Gasteiger partial charge >= 0.3 is 279 Å². The van der Waals surface area contributed by atoms with Gasteiger partial charge in [-0.25, -0.2) is 0 Å². The Morgan fingerprint density at radius 3 is 1.26 bits per heavy atom. The molecular weight excluding hydrogens is 778 g/mol. The summed E-state index contributed by atoms with van der Waals surface area (Å²) in [6.07, 6.45) is 10.3. The van der Waals surface area contributed by atoms with Crippen LogP contribution in [0, 0.1) is 0 Å². The zero-order valence-corrected chi connectivity index (χ0v) is 34.3. The van der Waals surface area contributed by atoms with Gasteiger partial charge in [-0.05, 0) is 0 Å². The molecule has 0 bridgehead atoms. The summed E-state index contributed by atoms with van der Waals surface area (Å²) in [7, 11) is 0. The third kappa shape index (κ3) is 6.47. The number of hydrogen-bond donors (Lipinski definition) is 0. The van der Waals surface area contributed by atoms with Gasteiger partial charge in [-0.3, -0.25) is 0 Å². The summed E-state index contributed by atoms with van der Waals surface area (Å²) in [4.78, 5) is 0. The minimum absolute atomic E-state index is 0. The molecule has 0 N–H and O–H groups in total. The van der Waals surface area contributed by atoms with Crippen molar-refractivity contribution >= 4 is 37.0 Å². The van der Waals surface area contributed by atoms with E-state index in [1.165, 1.54) is 78.5 Å². The largest absolute Gasteiger partial charge is 0.147 e. The maximum Gasteiger partial charge on any atom is -0.147 e. The van der Waals surface area contributed by atoms with Gasteiger partial charge in [0.25, 0.3) is 0 Å². The van der Waals surface area contributed by atoms with Crippen molar-refractivity contribution in [1.82, 2.24) is 0 Å². The monoisotopic (exact) mass is 830 g/mol. The summed E-state index contributed by atoms with van der Waals surface area (Å²) < 4.78 is 4.49. The molecule has 1 heterocycles.